The number of alkyl halides is 15. The van der Waals surface area contributed by atoms with Crippen molar-refractivity contribution < 1.29 is 70.2 Å². The van der Waals surface area contributed by atoms with E-state index in [-0.39, 0.29) is 0 Å². The van der Waals surface area contributed by atoms with E-state index in [9.17, 15) is 70.2 Å². The molecule has 0 spiro atoms. The second-order valence-electron chi connectivity index (χ2n) is 5.13. The fourth-order valence-corrected chi connectivity index (χ4v) is 1.76. The van der Waals surface area contributed by atoms with Crippen LogP contribution in [-0.4, -0.2) is 46.9 Å². The lowest BCUT2D eigenvalue weighted by Crippen LogP contribution is -2.66. The molecule has 160 valence electrons. The van der Waals surface area contributed by atoms with E-state index in [1.54, 1.807) is 0 Å². The van der Waals surface area contributed by atoms with E-state index in [0.29, 0.717) is 0 Å². The van der Waals surface area contributed by atoms with Gasteiger partial charge in [0.2, 0.25) is 5.95 Å². The number of nitrogens with zero attached hydrogens (tertiary/aromatic N) is 1. The standard InChI is InChI=1S/C10H3F16N/c1-2(4(12,13)14)3(11)27-9(23,24)7(19,20)5(15,16)6(17,18)8(21,22)10(27,25)26/h1H3. The Labute approximate surface area is 137 Å². The van der Waals surface area contributed by atoms with E-state index in [0.717, 1.165) is 0 Å². The molecule has 1 nitrogen and oxygen atoms in total. The summed E-state index contributed by atoms with van der Waals surface area (Å²) in [6.07, 6.45) is -6.24. The first-order valence-electron chi connectivity index (χ1n) is 5.94. The smallest absolute Gasteiger partial charge is 0.217 e. The first kappa shape index (κ1) is 23.5. The summed E-state index contributed by atoms with van der Waals surface area (Å²) in [5, 5.41) is 0. The fourth-order valence-electron chi connectivity index (χ4n) is 1.76. The van der Waals surface area contributed by atoms with Crippen LogP contribution in [0.1, 0.15) is 6.92 Å². The van der Waals surface area contributed by atoms with Gasteiger partial charge in [0.1, 0.15) is 0 Å². The number of hydrogen-bond acceptors (Lipinski definition) is 1. The van der Waals surface area contributed by atoms with Gasteiger partial charge in [-0.2, -0.15) is 70.2 Å². The summed E-state index contributed by atoms with van der Waals surface area (Å²) in [6.45, 7) is -0.695. The summed E-state index contributed by atoms with van der Waals surface area (Å²) < 4.78 is 209. The largest absolute Gasteiger partial charge is 0.416 e. The maximum absolute atomic E-state index is 13.5. The topological polar surface area (TPSA) is 3.24 Å². The lowest BCUT2D eigenvalue weighted by molar-refractivity contribution is -0.397. The molecular weight excluding hydrogens is 438 g/mol. The molecule has 0 atom stereocenters. The number of likely N-dealkylation sites (tertiary alicyclic amines) is 1. The molecular formula is C10H3F16N. The average Bonchev–Trinajstić information content (AvgIpc) is 2.43. The second-order valence-corrected chi connectivity index (χ2v) is 5.13. The predicted molar refractivity (Wildman–Crippen MR) is 51.4 cm³/mol. The Morgan fingerprint density at radius 1 is 0.593 bits per heavy atom. The Hall–Kier alpha value is -1.58. The van der Waals surface area contributed by atoms with E-state index in [2.05, 4.69) is 0 Å². The zero-order valence-electron chi connectivity index (χ0n) is 12.0. The molecule has 0 aromatic heterocycles. The van der Waals surface area contributed by atoms with Crippen LogP contribution in [0.25, 0.3) is 0 Å². The van der Waals surface area contributed by atoms with Crippen LogP contribution in [0.2, 0.25) is 0 Å². The summed E-state index contributed by atoms with van der Waals surface area (Å²) >= 11 is 0. The minimum atomic E-state index is -7.95. The maximum atomic E-state index is 13.5. The first-order chi connectivity index (χ1) is 11.4. The van der Waals surface area contributed by atoms with E-state index in [1.807, 2.05) is 0 Å². The normalized spacial score (nSPS) is 29.0. The van der Waals surface area contributed by atoms with Crippen molar-refractivity contribution in [3.63, 3.8) is 0 Å². The Kier molecular flexibility index (Phi) is 4.77. The van der Waals surface area contributed by atoms with Gasteiger partial charge in [0.25, 0.3) is 0 Å². The number of rotatable bonds is 1. The summed E-state index contributed by atoms with van der Waals surface area (Å²) in [4.78, 5) is -3.71. The van der Waals surface area contributed by atoms with E-state index >= 15 is 0 Å². The molecule has 17 heteroatoms. The Morgan fingerprint density at radius 2 is 0.852 bits per heavy atom. The van der Waals surface area contributed by atoms with E-state index in [4.69, 9.17) is 0 Å². The van der Waals surface area contributed by atoms with Crippen molar-refractivity contribution in [2.45, 2.75) is 48.9 Å². The molecule has 0 aliphatic carbocycles. The lowest BCUT2D eigenvalue weighted by atomic mass is 9.99. The Bertz CT molecular complexity index is 602. The van der Waals surface area contributed by atoms with Gasteiger partial charge in [-0.1, -0.05) is 0 Å². The van der Waals surface area contributed by atoms with Crippen molar-refractivity contribution in [3.05, 3.63) is 11.5 Å². The highest BCUT2D eigenvalue weighted by Crippen LogP contribution is 2.66. The second kappa shape index (κ2) is 5.48. The number of halogens is 16. The fraction of sp³-hybridized carbons (Fsp3) is 0.800. The van der Waals surface area contributed by atoms with Crippen molar-refractivity contribution in [1.29, 1.82) is 0 Å². The van der Waals surface area contributed by atoms with Crippen molar-refractivity contribution >= 4 is 0 Å². The average molecular weight is 441 g/mol. The monoisotopic (exact) mass is 441 g/mol. The quantitative estimate of drug-likeness (QED) is 0.368. The SMILES string of the molecule is CC(=C(F)N1C(F)(F)C(F)(F)C(F)(F)C(F)(F)C(F)(F)C1(F)F)C(F)(F)F. The van der Waals surface area contributed by atoms with E-state index < -0.39 is 65.3 Å². The highest BCUT2D eigenvalue weighted by atomic mass is 19.4. The van der Waals surface area contributed by atoms with Crippen molar-refractivity contribution in [2.75, 3.05) is 0 Å². The predicted octanol–water partition coefficient (Wildman–Crippen LogP) is 5.79. The van der Waals surface area contributed by atoms with Crippen LogP contribution >= 0.6 is 0 Å². The highest BCUT2D eigenvalue weighted by molar-refractivity contribution is 5.22. The molecule has 1 aliphatic rings. The summed E-state index contributed by atoms with van der Waals surface area (Å²) in [5.74, 6) is -36.0. The van der Waals surface area contributed by atoms with E-state index in [1.165, 1.54) is 0 Å². The van der Waals surface area contributed by atoms with Gasteiger partial charge in [0.15, 0.2) is 0 Å². The third-order valence-corrected chi connectivity index (χ3v) is 3.43. The van der Waals surface area contributed by atoms with Crippen LogP contribution in [0, 0.1) is 0 Å². The van der Waals surface area contributed by atoms with Gasteiger partial charge in [-0.15, -0.1) is 0 Å². The van der Waals surface area contributed by atoms with Gasteiger partial charge < -0.3 is 0 Å². The molecule has 1 rings (SSSR count). The van der Waals surface area contributed by atoms with Crippen LogP contribution in [0.15, 0.2) is 11.5 Å². The molecule has 0 unspecified atom stereocenters. The Balaban J connectivity index is 4.11. The molecule has 1 heterocycles. The zero-order chi connectivity index (χ0) is 22.2. The van der Waals surface area contributed by atoms with Gasteiger partial charge in [0, 0.05) is 0 Å². The maximum Gasteiger partial charge on any atom is 0.416 e. The third kappa shape index (κ3) is 2.55. The van der Waals surface area contributed by atoms with Gasteiger partial charge >= 0.3 is 42.0 Å². The molecule has 0 radical (unpaired) electrons. The molecule has 1 aliphatic heterocycles. The van der Waals surface area contributed by atoms with Crippen LogP contribution in [0.3, 0.4) is 0 Å². The molecule has 0 aromatic rings. The molecule has 0 aromatic carbocycles. The van der Waals surface area contributed by atoms with Crippen LogP contribution in [0.4, 0.5) is 70.2 Å². The summed E-state index contributed by atoms with van der Waals surface area (Å²) in [7, 11) is 0. The minimum absolute atomic E-state index is 0.695. The van der Waals surface area contributed by atoms with Crippen LogP contribution in [0.5, 0.6) is 0 Å². The molecule has 27 heavy (non-hydrogen) atoms. The van der Waals surface area contributed by atoms with Gasteiger partial charge in [-0.05, 0) is 6.92 Å². The molecule has 0 bridgehead atoms. The molecule has 0 N–H and O–H groups in total. The summed E-state index contributed by atoms with van der Waals surface area (Å²) in [6, 6.07) is -15.3. The van der Waals surface area contributed by atoms with Crippen molar-refractivity contribution in [3.8, 4) is 0 Å². The van der Waals surface area contributed by atoms with Crippen LogP contribution < -0.4 is 0 Å². The Morgan fingerprint density at radius 3 is 1.07 bits per heavy atom. The summed E-state index contributed by atoms with van der Waals surface area (Å²) in [5.41, 5.74) is -3.29. The lowest BCUT2D eigenvalue weighted by Gasteiger charge is -2.39. The molecule has 0 amide bonds. The van der Waals surface area contributed by atoms with Gasteiger partial charge in [0.05, 0.1) is 5.57 Å². The number of allylic oxidation sites excluding steroid dienone is 1. The molecule has 0 saturated carbocycles. The van der Waals surface area contributed by atoms with Gasteiger partial charge in [-0.25, -0.2) is 4.90 Å². The molecule has 1 fully saturated rings. The number of hydrogen-bond donors (Lipinski definition) is 0. The van der Waals surface area contributed by atoms with Crippen molar-refractivity contribution in [2.24, 2.45) is 0 Å². The van der Waals surface area contributed by atoms with Gasteiger partial charge in [-0.3, -0.25) is 0 Å². The third-order valence-electron chi connectivity index (χ3n) is 3.43. The minimum Gasteiger partial charge on any atom is -0.217 e. The zero-order valence-corrected chi connectivity index (χ0v) is 12.0. The van der Waals surface area contributed by atoms with Crippen LogP contribution in [-0.2, 0) is 0 Å². The molecule has 1 saturated heterocycles. The van der Waals surface area contributed by atoms with Crippen molar-refractivity contribution in [1.82, 2.24) is 4.90 Å². The first-order valence-corrected chi connectivity index (χ1v) is 5.94. The highest BCUT2D eigenvalue weighted by Gasteiger charge is 2.97.